The van der Waals surface area contributed by atoms with Gasteiger partial charge in [-0.05, 0) is 19.3 Å². The van der Waals surface area contributed by atoms with Gasteiger partial charge in [-0.3, -0.25) is 4.79 Å². The zero-order valence-corrected chi connectivity index (χ0v) is 8.41. The lowest BCUT2D eigenvalue weighted by Crippen LogP contribution is -2.34. The van der Waals surface area contributed by atoms with Crippen LogP contribution < -0.4 is 0 Å². The molecule has 0 aromatic carbocycles. The zero-order chi connectivity index (χ0) is 9.68. The maximum atomic E-state index is 11.5. The summed E-state index contributed by atoms with van der Waals surface area (Å²) < 4.78 is 10.3. The number of Topliss-reactive ketones (excluding diaryl/α,β-unsaturated/α-hetero) is 1. The molecule has 0 amide bonds. The van der Waals surface area contributed by atoms with Crippen LogP contribution in [-0.2, 0) is 14.3 Å². The summed E-state index contributed by atoms with van der Waals surface area (Å²) in [5, 5.41) is 0. The van der Waals surface area contributed by atoms with Crippen LogP contribution in [0.2, 0.25) is 0 Å². The number of methoxy groups -OCH3 is 2. The van der Waals surface area contributed by atoms with E-state index in [1.54, 1.807) is 14.2 Å². The van der Waals surface area contributed by atoms with Crippen LogP contribution in [0.1, 0.15) is 25.7 Å². The van der Waals surface area contributed by atoms with E-state index in [0.717, 1.165) is 19.3 Å². The predicted molar refractivity (Wildman–Crippen MR) is 49.6 cm³/mol. The molecule has 0 aliphatic heterocycles. The van der Waals surface area contributed by atoms with E-state index in [2.05, 4.69) is 0 Å². The van der Waals surface area contributed by atoms with Crippen molar-refractivity contribution in [3.8, 4) is 0 Å². The lowest BCUT2D eigenvalue weighted by Gasteiger charge is -2.28. The molecule has 1 saturated carbocycles. The molecule has 0 aromatic rings. The second-order valence-corrected chi connectivity index (χ2v) is 3.52. The smallest absolute Gasteiger partial charge is 0.138 e. The maximum absolute atomic E-state index is 11.5. The molecule has 3 nitrogen and oxygen atoms in total. The minimum atomic E-state index is 0.0682. The first-order valence-corrected chi connectivity index (χ1v) is 4.84. The number of rotatable bonds is 4. The summed E-state index contributed by atoms with van der Waals surface area (Å²) >= 11 is 0. The van der Waals surface area contributed by atoms with E-state index in [0.29, 0.717) is 18.8 Å². The summed E-state index contributed by atoms with van der Waals surface area (Å²) in [6.45, 7) is 0.649. The summed E-state index contributed by atoms with van der Waals surface area (Å²) in [7, 11) is 3.35. The second-order valence-electron chi connectivity index (χ2n) is 3.52. The minimum absolute atomic E-state index is 0.0682. The van der Waals surface area contributed by atoms with Crippen LogP contribution in [0.3, 0.4) is 0 Å². The summed E-state index contributed by atoms with van der Waals surface area (Å²) in [6.07, 6.45) is 3.62. The Bertz CT molecular complexity index is 168. The van der Waals surface area contributed by atoms with Crippen LogP contribution in [0.4, 0.5) is 0 Å². The summed E-state index contributed by atoms with van der Waals surface area (Å²) in [5.74, 6) is 0.411. The van der Waals surface area contributed by atoms with E-state index >= 15 is 0 Å². The normalized spacial score (nSPS) is 29.2. The van der Waals surface area contributed by atoms with E-state index in [-0.39, 0.29) is 12.0 Å². The molecular weight excluding hydrogens is 168 g/mol. The van der Waals surface area contributed by atoms with Crippen molar-refractivity contribution in [3.63, 3.8) is 0 Å². The summed E-state index contributed by atoms with van der Waals surface area (Å²) in [4.78, 5) is 11.5. The molecule has 0 aromatic heterocycles. The second kappa shape index (κ2) is 5.35. The van der Waals surface area contributed by atoms with Gasteiger partial charge in [0.2, 0.25) is 0 Å². The molecule has 0 N–H and O–H groups in total. The molecule has 76 valence electrons. The van der Waals surface area contributed by atoms with E-state index in [9.17, 15) is 4.79 Å². The van der Waals surface area contributed by atoms with Crippen molar-refractivity contribution in [1.82, 2.24) is 0 Å². The summed E-state index contributed by atoms with van der Waals surface area (Å²) in [5.41, 5.74) is 0. The quantitative estimate of drug-likeness (QED) is 0.666. The molecule has 0 spiro atoms. The highest BCUT2D eigenvalue weighted by Crippen LogP contribution is 2.26. The molecular formula is C10H18O3. The number of hydrogen-bond donors (Lipinski definition) is 0. The first-order chi connectivity index (χ1) is 6.29. The van der Waals surface area contributed by atoms with Gasteiger partial charge in [-0.15, -0.1) is 0 Å². The van der Waals surface area contributed by atoms with Crippen molar-refractivity contribution in [2.45, 2.75) is 31.8 Å². The Balaban J connectivity index is 2.46. The van der Waals surface area contributed by atoms with Crippen LogP contribution in [0.15, 0.2) is 0 Å². The molecule has 3 heteroatoms. The fraction of sp³-hybridized carbons (Fsp3) is 0.900. The highest BCUT2D eigenvalue weighted by Gasteiger charge is 2.31. The van der Waals surface area contributed by atoms with Crippen molar-refractivity contribution in [2.24, 2.45) is 5.92 Å². The lowest BCUT2D eigenvalue weighted by atomic mass is 9.83. The zero-order valence-electron chi connectivity index (χ0n) is 8.41. The maximum Gasteiger partial charge on any atom is 0.138 e. The van der Waals surface area contributed by atoms with Crippen LogP contribution in [0.5, 0.6) is 0 Å². The Morgan fingerprint density at radius 1 is 1.46 bits per heavy atom. The van der Waals surface area contributed by atoms with Gasteiger partial charge in [0.1, 0.15) is 5.78 Å². The molecule has 0 saturated heterocycles. The third-order valence-corrected chi connectivity index (χ3v) is 2.71. The minimum Gasteiger partial charge on any atom is -0.385 e. The number of hydrogen-bond acceptors (Lipinski definition) is 3. The predicted octanol–water partition coefficient (Wildman–Crippen LogP) is 1.41. The van der Waals surface area contributed by atoms with Gasteiger partial charge in [-0.25, -0.2) is 0 Å². The molecule has 1 fully saturated rings. The average molecular weight is 186 g/mol. The molecule has 0 heterocycles. The molecule has 1 rings (SSSR count). The Hall–Kier alpha value is -0.410. The van der Waals surface area contributed by atoms with Crippen molar-refractivity contribution in [2.75, 3.05) is 20.8 Å². The van der Waals surface area contributed by atoms with Crippen LogP contribution >= 0.6 is 0 Å². The number of carbonyl (C=O) groups excluding carboxylic acids is 1. The Morgan fingerprint density at radius 2 is 2.23 bits per heavy atom. The van der Waals surface area contributed by atoms with Crippen LogP contribution in [-0.4, -0.2) is 32.7 Å². The highest BCUT2D eigenvalue weighted by molar-refractivity contribution is 5.82. The lowest BCUT2D eigenvalue weighted by molar-refractivity contribution is -0.131. The monoisotopic (exact) mass is 186 g/mol. The molecule has 13 heavy (non-hydrogen) atoms. The van der Waals surface area contributed by atoms with Gasteiger partial charge in [-0.2, -0.15) is 0 Å². The molecule has 0 radical (unpaired) electrons. The van der Waals surface area contributed by atoms with E-state index in [1.807, 2.05) is 0 Å². The Labute approximate surface area is 79.4 Å². The summed E-state index contributed by atoms with van der Waals surface area (Å²) in [6, 6.07) is 0. The van der Waals surface area contributed by atoms with Crippen molar-refractivity contribution >= 4 is 5.78 Å². The van der Waals surface area contributed by atoms with Crippen LogP contribution in [0, 0.1) is 5.92 Å². The number of ether oxygens (including phenoxy) is 2. The average Bonchev–Trinajstić information content (AvgIpc) is 2.15. The van der Waals surface area contributed by atoms with Gasteiger partial charge < -0.3 is 9.47 Å². The van der Waals surface area contributed by atoms with Gasteiger partial charge in [0.25, 0.3) is 0 Å². The molecule has 0 bridgehead atoms. The molecule has 1 aliphatic carbocycles. The number of carbonyl (C=O) groups is 1. The highest BCUT2D eigenvalue weighted by atomic mass is 16.5. The first kappa shape index (κ1) is 10.7. The van der Waals surface area contributed by atoms with Gasteiger partial charge in [-0.1, -0.05) is 0 Å². The van der Waals surface area contributed by atoms with Crippen molar-refractivity contribution in [1.29, 1.82) is 0 Å². The Kier molecular flexibility index (Phi) is 4.39. The Morgan fingerprint density at radius 3 is 2.85 bits per heavy atom. The number of ketones is 1. The van der Waals surface area contributed by atoms with Crippen molar-refractivity contribution < 1.29 is 14.3 Å². The van der Waals surface area contributed by atoms with Gasteiger partial charge in [0, 0.05) is 33.2 Å². The molecule has 2 atom stereocenters. The van der Waals surface area contributed by atoms with E-state index in [1.165, 1.54) is 0 Å². The SMILES string of the molecule is COCCC1C(=O)CCCC1OC. The van der Waals surface area contributed by atoms with Gasteiger partial charge in [0.05, 0.1) is 6.10 Å². The largest absolute Gasteiger partial charge is 0.385 e. The standard InChI is InChI=1S/C10H18O3/c1-12-7-6-8-9(11)4-3-5-10(8)13-2/h8,10H,3-7H2,1-2H3. The van der Waals surface area contributed by atoms with Gasteiger partial charge >= 0.3 is 0 Å². The molecule has 2 unspecified atom stereocenters. The fourth-order valence-corrected chi connectivity index (χ4v) is 1.95. The van der Waals surface area contributed by atoms with Crippen molar-refractivity contribution in [3.05, 3.63) is 0 Å². The van der Waals surface area contributed by atoms with E-state index < -0.39 is 0 Å². The topological polar surface area (TPSA) is 35.5 Å². The third kappa shape index (κ3) is 2.78. The fourth-order valence-electron chi connectivity index (χ4n) is 1.95. The first-order valence-electron chi connectivity index (χ1n) is 4.84. The van der Waals surface area contributed by atoms with Gasteiger partial charge in [0.15, 0.2) is 0 Å². The molecule has 1 aliphatic rings. The van der Waals surface area contributed by atoms with E-state index in [4.69, 9.17) is 9.47 Å². The third-order valence-electron chi connectivity index (χ3n) is 2.71. The van der Waals surface area contributed by atoms with Crippen LogP contribution in [0.25, 0.3) is 0 Å².